The van der Waals surface area contributed by atoms with E-state index in [1.54, 1.807) is 6.08 Å². The lowest BCUT2D eigenvalue weighted by Gasteiger charge is -2.13. The van der Waals surface area contributed by atoms with Crippen LogP contribution in [0.15, 0.2) is 66.5 Å². The first-order valence-electron chi connectivity index (χ1n) is 6.78. The van der Waals surface area contributed by atoms with Gasteiger partial charge in [0.2, 0.25) is 0 Å². The van der Waals surface area contributed by atoms with Gasteiger partial charge in [-0.1, -0.05) is 42.5 Å². The van der Waals surface area contributed by atoms with Gasteiger partial charge in [0.1, 0.15) is 12.4 Å². The fourth-order valence-electron chi connectivity index (χ4n) is 1.95. The van der Waals surface area contributed by atoms with Crippen LogP contribution in [0, 0.1) is 5.92 Å². The van der Waals surface area contributed by atoms with Crippen molar-refractivity contribution in [3.05, 3.63) is 72.0 Å². The topological polar surface area (TPSA) is 52.3 Å². The molecule has 1 atom stereocenters. The molecule has 1 unspecified atom stereocenters. The lowest BCUT2D eigenvalue weighted by atomic mass is 9.98. The van der Waals surface area contributed by atoms with Crippen molar-refractivity contribution in [3.63, 3.8) is 0 Å². The molecule has 0 spiro atoms. The summed E-state index contributed by atoms with van der Waals surface area (Å²) in [4.78, 5) is 11.9. The molecule has 1 aliphatic rings. The molecule has 0 aromatic heterocycles. The molecule has 0 bridgehead atoms. The molecule has 1 aliphatic carbocycles. The molecule has 1 aromatic rings. The van der Waals surface area contributed by atoms with Gasteiger partial charge in [0.25, 0.3) is 0 Å². The van der Waals surface area contributed by atoms with E-state index < -0.39 is 0 Å². The number of carbonyl (C=O) groups excluding carboxylic acids is 1. The highest BCUT2D eigenvalue weighted by Crippen LogP contribution is 2.18. The summed E-state index contributed by atoms with van der Waals surface area (Å²) >= 11 is 0. The SMILES string of the molecule is NCCOC1=CCC(C=CC(=O)c2ccccc2)C=C1. The van der Waals surface area contributed by atoms with E-state index in [-0.39, 0.29) is 11.7 Å². The Morgan fingerprint density at radius 1 is 1.35 bits per heavy atom. The van der Waals surface area contributed by atoms with Gasteiger partial charge >= 0.3 is 0 Å². The number of rotatable bonds is 6. The summed E-state index contributed by atoms with van der Waals surface area (Å²) in [7, 11) is 0. The van der Waals surface area contributed by atoms with Gasteiger partial charge in [0.05, 0.1) is 0 Å². The van der Waals surface area contributed by atoms with Crippen molar-refractivity contribution in [1.29, 1.82) is 0 Å². The van der Waals surface area contributed by atoms with Gasteiger partial charge in [-0.25, -0.2) is 0 Å². The monoisotopic (exact) mass is 269 g/mol. The van der Waals surface area contributed by atoms with Gasteiger partial charge in [-0.15, -0.1) is 0 Å². The quantitative estimate of drug-likeness (QED) is 0.638. The first-order valence-corrected chi connectivity index (χ1v) is 6.78. The van der Waals surface area contributed by atoms with Crippen LogP contribution in [0.5, 0.6) is 0 Å². The molecule has 3 nitrogen and oxygen atoms in total. The molecule has 0 heterocycles. The molecule has 1 aromatic carbocycles. The van der Waals surface area contributed by atoms with Gasteiger partial charge in [0, 0.05) is 12.1 Å². The van der Waals surface area contributed by atoms with Crippen molar-refractivity contribution >= 4 is 5.78 Å². The number of carbonyl (C=O) groups is 1. The normalized spacial score (nSPS) is 18.1. The summed E-state index contributed by atoms with van der Waals surface area (Å²) in [6, 6.07) is 9.28. The van der Waals surface area contributed by atoms with Crippen molar-refractivity contribution in [3.8, 4) is 0 Å². The Labute approximate surface area is 119 Å². The summed E-state index contributed by atoms with van der Waals surface area (Å²) in [5, 5.41) is 0. The highest BCUT2D eigenvalue weighted by molar-refractivity contribution is 6.04. The molecule has 0 saturated heterocycles. The molecule has 0 amide bonds. The summed E-state index contributed by atoms with van der Waals surface area (Å²) in [6.45, 7) is 1.04. The van der Waals surface area contributed by atoms with Gasteiger partial charge in [0.15, 0.2) is 5.78 Å². The van der Waals surface area contributed by atoms with Crippen LogP contribution in [0.25, 0.3) is 0 Å². The third-order valence-corrected chi connectivity index (χ3v) is 3.04. The summed E-state index contributed by atoms with van der Waals surface area (Å²) in [5.41, 5.74) is 6.10. The average molecular weight is 269 g/mol. The number of benzene rings is 1. The van der Waals surface area contributed by atoms with Crippen molar-refractivity contribution in [2.75, 3.05) is 13.2 Å². The smallest absolute Gasteiger partial charge is 0.185 e. The van der Waals surface area contributed by atoms with E-state index in [0.29, 0.717) is 18.7 Å². The standard InChI is InChI=1S/C17H19NO2/c18-12-13-20-16-9-6-14(7-10-16)8-11-17(19)15-4-2-1-3-5-15/h1-6,8-11,14H,7,12-13,18H2. The van der Waals surface area contributed by atoms with E-state index in [1.807, 2.05) is 54.6 Å². The van der Waals surface area contributed by atoms with E-state index >= 15 is 0 Å². The zero-order chi connectivity index (χ0) is 14.2. The molecule has 0 fully saturated rings. The van der Waals surface area contributed by atoms with Crippen molar-refractivity contribution in [2.24, 2.45) is 11.7 Å². The number of hydrogen-bond acceptors (Lipinski definition) is 3. The van der Waals surface area contributed by atoms with Gasteiger partial charge in [-0.2, -0.15) is 0 Å². The highest BCUT2D eigenvalue weighted by atomic mass is 16.5. The number of nitrogens with two attached hydrogens (primary N) is 1. The first-order chi connectivity index (χ1) is 9.79. The van der Waals surface area contributed by atoms with Crippen LogP contribution in [0.3, 0.4) is 0 Å². The number of ether oxygens (including phenoxy) is 1. The van der Waals surface area contributed by atoms with Crippen LogP contribution in [-0.2, 0) is 4.74 Å². The Morgan fingerprint density at radius 2 is 2.15 bits per heavy atom. The maximum absolute atomic E-state index is 11.9. The highest BCUT2D eigenvalue weighted by Gasteiger charge is 2.07. The van der Waals surface area contributed by atoms with E-state index in [4.69, 9.17) is 10.5 Å². The third-order valence-electron chi connectivity index (χ3n) is 3.04. The fraction of sp³-hybridized carbons (Fsp3) is 0.235. The zero-order valence-electron chi connectivity index (χ0n) is 11.4. The molecule has 3 heteroatoms. The van der Waals surface area contributed by atoms with Crippen LogP contribution in [-0.4, -0.2) is 18.9 Å². The van der Waals surface area contributed by atoms with Crippen molar-refractivity contribution < 1.29 is 9.53 Å². The second-order valence-corrected chi connectivity index (χ2v) is 4.59. The minimum atomic E-state index is 0.0353. The molecule has 104 valence electrons. The van der Waals surface area contributed by atoms with Crippen LogP contribution >= 0.6 is 0 Å². The van der Waals surface area contributed by atoms with E-state index in [9.17, 15) is 4.79 Å². The Bertz CT molecular complexity index is 529. The van der Waals surface area contributed by atoms with Crippen LogP contribution < -0.4 is 5.73 Å². The largest absolute Gasteiger partial charge is 0.493 e. The molecular formula is C17H19NO2. The molecule has 0 radical (unpaired) electrons. The molecule has 2 rings (SSSR count). The first kappa shape index (κ1) is 14.3. The fourth-order valence-corrected chi connectivity index (χ4v) is 1.95. The van der Waals surface area contributed by atoms with E-state index in [1.165, 1.54) is 0 Å². The van der Waals surface area contributed by atoms with Gasteiger partial charge in [-0.05, 0) is 30.6 Å². The summed E-state index contributed by atoms with van der Waals surface area (Å²) in [5.74, 6) is 1.13. The molecule has 0 saturated carbocycles. The zero-order valence-corrected chi connectivity index (χ0v) is 11.4. The second-order valence-electron chi connectivity index (χ2n) is 4.59. The second kappa shape index (κ2) is 7.46. The average Bonchev–Trinajstić information content (AvgIpc) is 2.52. The maximum atomic E-state index is 11.9. The van der Waals surface area contributed by atoms with Gasteiger partial charge < -0.3 is 10.5 Å². The Morgan fingerprint density at radius 3 is 2.80 bits per heavy atom. The summed E-state index contributed by atoms with van der Waals surface area (Å²) < 4.78 is 5.43. The molecular weight excluding hydrogens is 250 g/mol. The lowest BCUT2D eigenvalue weighted by molar-refractivity contribution is 0.104. The maximum Gasteiger partial charge on any atom is 0.185 e. The van der Waals surface area contributed by atoms with Crippen molar-refractivity contribution in [2.45, 2.75) is 6.42 Å². The predicted octanol–water partition coefficient (Wildman–Crippen LogP) is 2.86. The third kappa shape index (κ3) is 4.21. The minimum absolute atomic E-state index is 0.0353. The van der Waals surface area contributed by atoms with E-state index in [0.717, 1.165) is 12.2 Å². The summed E-state index contributed by atoms with van der Waals surface area (Å²) in [6.07, 6.45) is 10.4. The van der Waals surface area contributed by atoms with Crippen LogP contribution in [0.1, 0.15) is 16.8 Å². The number of ketones is 1. The van der Waals surface area contributed by atoms with Crippen LogP contribution in [0.2, 0.25) is 0 Å². The van der Waals surface area contributed by atoms with E-state index in [2.05, 4.69) is 0 Å². The Balaban J connectivity index is 1.87. The Hall–Kier alpha value is -2.13. The molecule has 2 N–H and O–H groups in total. The number of hydrogen-bond donors (Lipinski definition) is 1. The van der Waals surface area contributed by atoms with Crippen molar-refractivity contribution in [1.82, 2.24) is 0 Å². The Kier molecular flexibility index (Phi) is 5.33. The number of allylic oxidation sites excluding steroid dienone is 5. The molecule has 20 heavy (non-hydrogen) atoms. The minimum Gasteiger partial charge on any atom is -0.493 e. The molecule has 0 aliphatic heterocycles. The van der Waals surface area contributed by atoms with Crippen LogP contribution in [0.4, 0.5) is 0 Å². The lowest BCUT2D eigenvalue weighted by Crippen LogP contribution is -2.09. The van der Waals surface area contributed by atoms with Gasteiger partial charge in [-0.3, -0.25) is 4.79 Å². The predicted molar refractivity (Wildman–Crippen MR) is 80.2 cm³/mol.